The highest BCUT2D eigenvalue weighted by molar-refractivity contribution is 6.33. The Morgan fingerprint density at radius 2 is 1.88 bits per heavy atom. The molecule has 0 aromatic heterocycles. The van der Waals surface area contributed by atoms with Crippen LogP contribution in [0, 0.1) is 6.92 Å². The van der Waals surface area contributed by atoms with E-state index in [0.29, 0.717) is 5.92 Å². The summed E-state index contributed by atoms with van der Waals surface area (Å²) in [5.41, 5.74) is 5.90. The number of fused-ring (bicyclic) bond motifs is 1. The van der Waals surface area contributed by atoms with Crippen LogP contribution in [-0.2, 0) is 0 Å². The highest BCUT2D eigenvalue weighted by atomic mass is 35.5. The Labute approximate surface area is 150 Å². The van der Waals surface area contributed by atoms with Crippen molar-refractivity contribution in [2.45, 2.75) is 45.6 Å². The molecule has 0 spiro atoms. The molecule has 1 heterocycles. The molecule has 1 aliphatic rings. The lowest BCUT2D eigenvalue weighted by Gasteiger charge is -2.45. The maximum atomic E-state index is 6.54. The van der Waals surface area contributed by atoms with Crippen molar-refractivity contribution in [2.24, 2.45) is 4.99 Å². The van der Waals surface area contributed by atoms with Gasteiger partial charge in [0.1, 0.15) is 0 Å². The summed E-state index contributed by atoms with van der Waals surface area (Å²) in [6, 6.07) is 12.5. The Bertz CT molecular complexity index is 775. The molecular formula is C21H25ClN2. The Kier molecular flexibility index (Phi) is 4.44. The molecule has 1 aliphatic heterocycles. The number of benzene rings is 2. The van der Waals surface area contributed by atoms with Gasteiger partial charge in [0.05, 0.1) is 10.7 Å². The molecule has 2 nitrogen and oxygen atoms in total. The van der Waals surface area contributed by atoms with Crippen LogP contribution in [-0.4, -0.2) is 18.8 Å². The molecule has 24 heavy (non-hydrogen) atoms. The molecule has 1 atom stereocenters. The number of aliphatic imine (C=N–C) groups is 1. The van der Waals surface area contributed by atoms with Crippen LogP contribution in [0.4, 0.5) is 11.4 Å². The highest BCUT2D eigenvalue weighted by Gasteiger charge is 2.34. The summed E-state index contributed by atoms with van der Waals surface area (Å²) in [7, 11) is 2.15. The second-order valence-electron chi connectivity index (χ2n) is 7.50. The second kappa shape index (κ2) is 6.25. The molecule has 126 valence electrons. The van der Waals surface area contributed by atoms with E-state index in [9.17, 15) is 0 Å². The molecule has 0 amide bonds. The lowest BCUT2D eigenvalue weighted by molar-refractivity contribution is 0.395. The van der Waals surface area contributed by atoms with E-state index >= 15 is 0 Å². The topological polar surface area (TPSA) is 15.6 Å². The van der Waals surface area contributed by atoms with Crippen LogP contribution < -0.4 is 4.90 Å². The predicted octanol–water partition coefficient (Wildman–Crippen LogP) is 6.12. The third kappa shape index (κ3) is 3.21. The number of aryl methyl sites for hydroxylation is 1. The number of hydrogen-bond donors (Lipinski definition) is 0. The van der Waals surface area contributed by atoms with Crippen molar-refractivity contribution < 1.29 is 0 Å². The van der Waals surface area contributed by atoms with Crippen LogP contribution >= 0.6 is 11.6 Å². The molecule has 0 aliphatic carbocycles. The standard InChI is InChI=1S/C21H25ClN2/c1-14-6-8-17(9-7-14)23-13-16-10-18-15(2)12-21(3,4)24(5)20(18)11-19(16)22/h6-11,13,15H,12H2,1-5H3/t15-/m0/s1. The van der Waals surface area contributed by atoms with Crippen LogP contribution in [0.15, 0.2) is 41.4 Å². The Morgan fingerprint density at radius 3 is 2.54 bits per heavy atom. The monoisotopic (exact) mass is 340 g/mol. The van der Waals surface area contributed by atoms with Crippen molar-refractivity contribution in [1.29, 1.82) is 0 Å². The normalized spacial score (nSPS) is 19.6. The van der Waals surface area contributed by atoms with E-state index in [-0.39, 0.29) is 5.54 Å². The number of nitrogens with zero attached hydrogens (tertiary/aromatic N) is 2. The van der Waals surface area contributed by atoms with E-state index in [1.807, 2.05) is 18.3 Å². The van der Waals surface area contributed by atoms with E-state index in [0.717, 1.165) is 22.7 Å². The largest absolute Gasteiger partial charge is 0.369 e. The first-order valence-corrected chi connectivity index (χ1v) is 8.84. The van der Waals surface area contributed by atoms with Gasteiger partial charge >= 0.3 is 0 Å². The molecule has 0 bridgehead atoms. The fraction of sp³-hybridized carbons (Fsp3) is 0.381. The van der Waals surface area contributed by atoms with Gasteiger partial charge in [0.15, 0.2) is 0 Å². The fourth-order valence-corrected chi connectivity index (χ4v) is 3.69. The maximum absolute atomic E-state index is 6.54. The van der Waals surface area contributed by atoms with Gasteiger partial charge in [-0.15, -0.1) is 0 Å². The minimum Gasteiger partial charge on any atom is -0.369 e. The molecule has 0 N–H and O–H groups in total. The summed E-state index contributed by atoms with van der Waals surface area (Å²) >= 11 is 6.54. The van der Waals surface area contributed by atoms with E-state index < -0.39 is 0 Å². The lowest BCUT2D eigenvalue weighted by atomic mass is 9.80. The predicted molar refractivity (Wildman–Crippen MR) is 105 cm³/mol. The quantitative estimate of drug-likeness (QED) is 0.601. The third-order valence-corrected chi connectivity index (χ3v) is 5.47. The minimum absolute atomic E-state index is 0.146. The van der Waals surface area contributed by atoms with Gasteiger partial charge in [-0.1, -0.05) is 36.2 Å². The molecule has 0 fully saturated rings. The molecule has 0 radical (unpaired) electrons. The summed E-state index contributed by atoms with van der Waals surface area (Å²) in [6.07, 6.45) is 3.01. The Morgan fingerprint density at radius 1 is 1.21 bits per heavy atom. The first-order chi connectivity index (χ1) is 11.3. The lowest BCUT2D eigenvalue weighted by Crippen LogP contribution is -2.45. The first kappa shape index (κ1) is 17.0. The zero-order valence-electron chi connectivity index (χ0n) is 15.1. The van der Waals surface area contributed by atoms with Gasteiger partial charge in [0.25, 0.3) is 0 Å². The van der Waals surface area contributed by atoms with E-state index in [1.165, 1.54) is 16.8 Å². The Hall–Kier alpha value is -1.80. The summed E-state index contributed by atoms with van der Waals surface area (Å²) < 4.78 is 0. The molecule has 3 heteroatoms. The average Bonchev–Trinajstić information content (AvgIpc) is 2.52. The number of rotatable bonds is 2. The summed E-state index contributed by atoms with van der Waals surface area (Å²) in [6.45, 7) is 8.94. The number of hydrogen-bond acceptors (Lipinski definition) is 2. The first-order valence-electron chi connectivity index (χ1n) is 8.46. The van der Waals surface area contributed by atoms with E-state index in [2.05, 4.69) is 68.9 Å². The van der Waals surface area contributed by atoms with E-state index in [4.69, 9.17) is 11.6 Å². The van der Waals surface area contributed by atoms with Crippen LogP contribution in [0.3, 0.4) is 0 Å². The fourth-order valence-electron chi connectivity index (χ4n) is 3.48. The van der Waals surface area contributed by atoms with Crippen LogP contribution in [0.25, 0.3) is 0 Å². The van der Waals surface area contributed by atoms with Crippen LogP contribution in [0.1, 0.15) is 49.8 Å². The molecule has 0 saturated heterocycles. The van der Waals surface area contributed by atoms with Crippen molar-refractivity contribution in [3.63, 3.8) is 0 Å². The zero-order chi connectivity index (χ0) is 17.5. The summed E-state index contributed by atoms with van der Waals surface area (Å²) in [5.74, 6) is 0.509. The van der Waals surface area contributed by atoms with Gasteiger partial charge in [-0.3, -0.25) is 4.99 Å². The Balaban J connectivity index is 1.97. The highest BCUT2D eigenvalue weighted by Crippen LogP contribution is 2.44. The molecule has 0 unspecified atom stereocenters. The third-order valence-electron chi connectivity index (χ3n) is 5.14. The smallest absolute Gasteiger partial charge is 0.0630 e. The molecule has 0 saturated carbocycles. The molecule has 2 aromatic carbocycles. The second-order valence-corrected chi connectivity index (χ2v) is 7.91. The average molecular weight is 341 g/mol. The van der Waals surface area contributed by atoms with Crippen LogP contribution in [0.2, 0.25) is 5.02 Å². The zero-order valence-corrected chi connectivity index (χ0v) is 15.9. The minimum atomic E-state index is 0.146. The molecule has 2 aromatic rings. The number of anilines is 1. The van der Waals surface area contributed by atoms with E-state index in [1.54, 1.807) is 0 Å². The van der Waals surface area contributed by atoms with Crippen molar-refractivity contribution in [1.82, 2.24) is 0 Å². The SMILES string of the molecule is Cc1ccc(N=Cc2cc3c(cc2Cl)N(C)C(C)(C)C[C@@H]3C)cc1. The van der Waals surface area contributed by atoms with Crippen molar-refractivity contribution in [2.75, 3.05) is 11.9 Å². The van der Waals surface area contributed by atoms with Crippen molar-refractivity contribution in [3.05, 3.63) is 58.1 Å². The van der Waals surface area contributed by atoms with Gasteiger partial charge in [-0.2, -0.15) is 0 Å². The number of halogens is 1. The summed E-state index contributed by atoms with van der Waals surface area (Å²) in [4.78, 5) is 6.92. The van der Waals surface area contributed by atoms with Crippen molar-refractivity contribution in [3.8, 4) is 0 Å². The van der Waals surface area contributed by atoms with Gasteiger partial charge in [0, 0.05) is 30.1 Å². The molecular weight excluding hydrogens is 316 g/mol. The van der Waals surface area contributed by atoms with Gasteiger partial charge in [-0.05, 0) is 62.9 Å². The molecule has 3 rings (SSSR count). The van der Waals surface area contributed by atoms with Crippen molar-refractivity contribution >= 4 is 29.2 Å². The van der Waals surface area contributed by atoms with Gasteiger partial charge in [0.2, 0.25) is 0 Å². The van der Waals surface area contributed by atoms with Crippen LogP contribution in [0.5, 0.6) is 0 Å². The maximum Gasteiger partial charge on any atom is 0.0630 e. The van der Waals surface area contributed by atoms with Gasteiger partial charge in [-0.25, -0.2) is 0 Å². The van der Waals surface area contributed by atoms with Gasteiger partial charge < -0.3 is 4.90 Å². The summed E-state index contributed by atoms with van der Waals surface area (Å²) in [5, 5.41) is 0.751.